The molecule has 0 radical (unpaired) electrons. The lowest BCUT2D eigenvalue weighted by molar-refractivity contribution is 0.104. The Bertz CT molecular complexity index is 1110. The van der Waals surface area contributed by atoms with Gasteiger partial charge in [0.25, 0.3) is 0 Å². The zero-order chi connectivity index (χ0) is 21.6. The molecule has 0 saturated carbocycles. The molecular formula is C21H22FN3O3S2. The Kier molecular flexibility index (Phi) is 7.30. The molecule has 3 aromatic rings. The molecule has 30 heavy (non-hydrogen) atoms. The fraction of sp³-hybridized carbons (Fsp3) is 0.238. The number of nitrogens with one attached hydrogen (secondary N) is 2. The van der Waals surface area contributed by atoms with E-state index in [0.29, 0.717) is 35.0 Å². The number of carbonyl (C=O) groups excluding carboxylic acids is 1. The van der Waals surface area contributed by atoms with E-state index in [1.807, 2.05) is 25.1 Å². The molecule has 9 heteroatoms. The summed E-state index contributed by atoms with van der Waals surface area (Å²) in [6, 6.07) is 12.1. The number of unbranched alkanes of at least 4 members (excludes halogenated alkanes) is 1. The highest BCUT2D eigenvalue weighted by Gasteiger charge is 2.15. The van der Waals surface area contributed by atoms with Gasteiger partial charge in [0.05, 0.1) is 16.0 Å². The Balaban J connectivity index is 1.42. The van der Waals surface area contributed by atoms with Gasteiger partial charge in [-0.1, -0.05) is 35.6 Å². The first-order chi connectivity index (χ1) is 14.4. The van der Waals surface area contributed by atoms with Gasteiger partial charge in [0.2, 0.25) is 15.8 Å². The minimum atomic E-state index is -3.64. The average Bonchev–Trinajstić information content (AvgIpc) is 3.20. The van der Waals surface area contributed by atoms with Crippen LogP contribution in [0.5, 0.6) is 0 Å². The third kappa shape index (κ3) is 5.71. The zero-order valence-electron chi connectivity index (χ0n) is 16.4. The number of hydrogen-bond donors (Lipinski definition) is 2. The number of aryl methyl sites for hydroxylation is 1. The average molecular weight is 448 g/mol. The third-order valence-electron chi connectivity index (χ3n) is 4.41. The number of hydrogen-bond acceptors (Lipinski definition) is 6. The van der Waals surface area contributed by atoms with Crippen LogP contribution in [0.1, 0.15) is 33.6 Å². The quantitative estimate of drug-likeness (QED) is 0.362. The minimum Gasteiger partial charge on any atom is -0.362 e. The summed E-state index contributed by atoms with van der Waals surface area (Å²) < 4.78 is 39.6. The molecule has 3 rings (SSSR count). The lowest BCUT2D eigenvalue weighted by Gasteiger charge is -2.07. The van der Waals surface area contributed by atoms with Crippen molar-refractivity contribution < 1.29 is 17.6 Å². The first kappa shape index (κ1) is 22.1. The summed E-state index contributed by atoms with van der Waals surface area (Å²) >= 11 is 1.30. The van der Waals surface area contributed by atoms with Gasteiger partial charge in [-0.3, -0.25) is 4.79 Å². The number of nitrogens with zero attached hydrogens (tertiary/aromatic N) is 1. The van der Waals surface area contributed by atoms with Gasteiger partial charge in [0.15, 0.2) is 5.13 Å². The lowest BCUT2D eigenvalue weighted by atomic mass is 10.0. The molecule has 0 unspecified atom stereocenters. The van der Waals surface area contributed by atoms with Crippen LogP contribution in [0.15, 0.2) is 59.6 Å². The topological polar surface area (TPSA) is 88.2 Å². The van der Waals surface area contributed by atoms with Crippen molar-refractivity contribution in [3.05, 3.63) is 76.5 Å². The van der Waals surface area contributed by atoms with Crippen LogP contribution in [0.3, 0.4) is 0 Å². The monoisotopic (exact) mass is 447 g/mol. The molecule has 0 fully saturated rings. The highest BCUT2D eigenvalue weighted by atomic mass is 32.2. The molecule has 2 N–H and O–H groups in total. The molecule has 0 bridgehead atoms. The van der Waals surface area contributed by atoms with Crippen molar-refractivity contribution in [2.45, 2.75) is 24.7 Å². The molecule has 158 valence electrons. The molecule has 0 amide bonds. The normalized spacial score (nSPS) is 11.4. The van der Waals surface area contributed by atoms with Gasteiger partial charge in [0, 0.05) is 18.7 Å². The van der Waals surface area contributed by atoms with E-state index in [2.05, 4.69) is 15.0 Å². The number of carbonyl (C=O) groups is 1. The molecule has 0 aliphatic heterocycles. The van der Waals surface area contributed by atoms with Gasteiger partial charge in [-0.15, -0.1) is 0 Å². The van der Waals surface area contributed by atoms with E-state index in [1.165, 1.54) is 23.5 Å². The van der Waals surface area contributed by atoms with Crippen LogP contribution in [-0.2, 0) is 10.0 Å². The van der Waals surface area contributed by atoms with E-state index in [4.69, 9.17) is 0 Å². The Morgan fingerprint density at radius 3 is 2.50 bits per heavy atom. The molecule has 0 saturated heterocycles. The largest absolute Gasteiger partial charge is 0.362 e. The molecule has 0 aliphatic rings. The van der Waals surface area contributed by atoms with E-state index in [1.54, 1.807) is 12.3 Å². The van der Waals surface area contributed by atoms with Crippen LogP contribution in [0, 0.1) is 12.7 Å². The van der Waals surface area contributed by atoms with Crippen LogP contribution in [0.4, 0.5) is 9.52 Å². The lowest BCUT2D eigenvalue weighted by Crippen LogP contribution is -2.25. The Hall–Kier alpha value is -2.62. The molecule has 2 aromatic carbocycles. The Morgan fingerprint density at radius 2 is 1.77 bits per heavy atom. The zero-order valence-corrected chi connectivity index (χ0v) is 18.0. The number of halogens is 1. The summed E-state index contributed by atoms with van der Waals surface area (Å²) in [5, 5.41) is 3.81. The highest BCUT2D eigenvalue weighted by Crippen LogP contribution is 2.22. The summed E-state index contributed by atoms with van der Waals surface area (Å²) in [5.41, 5.74) is 1.59. The predicted octanol–water partition coefficient (Wildman–Crippen LogP) is 3.99. The molecule has 0 aliphatic carbocycles. The summed E-state index contributed by atoms with van der Waals surface area (Å²) in [5.74, 6) is -0.528. The third-order valence-corrected chi connectivity index (χ3v) is 6.85. The van der Waals surface area contributed by atoms with Crippen molar-refractivity contribution in [3.8, 4) is 0 Å². The highest BCUT2D eigenvalue weighted by molar-refractivity contribution is 7.89. The maximum absolute atomic E-state index is 12.9. The first-order valence-electron chi connectivity index (χ1n) is 9.42. The van der Waals surface area contributed by atoms with E-state index in [0.717, 1.165) is 17.7 Å². The summed E-state index contributed by atoms with van der Waals surface area (Å²) in [7, 11) is -3.64. The molecule has 6 nitrogen and oxygen atoms in total. The molecule has 0 spiro atoms. The van der Waals surface area contributed by atoms with Crippen molar-refractivity contribution in [1.29, 1.82) is 0 Å². The number of rotatable bonds is 10. The van der Waals surface area contributed by atoms with Gasteiger partial charge in [-0.2, -0.15) is 0 Å². The molecule has 1 heterocycles. The van der Waals surface area contributed by atoms with Gasteiger partial charge >= 0.3 is 0 Å². The maximum atomic E-state index is 12.9. The summed E-state index contributed by atoms with van der Waals surface area (Å²) in [6.07, 6.45) is 2.90. The standard InChI is InChI=1S/C21H22FN3O3S2/c1-15-6-2-3-7-18(15)20(26)19-14-24-21(29-19)23-12-4-5-13-25-30(27,28)17-10-8-16(22)9-11-17/h2-3,6-11,14,25H,4-5,12-13H2,1H3,(H,23,24). The van der Waals surface area contributed by atoms with Crippen LogP contribution < -0.4 is 10.0 Å². The second-order valence-corrected chi connectivity index (χ2v) is 9.46. The van der Waals surface area contributed by atoms with Crippen LogP contribution in [0.25, 0.3) is 0 Å². The van der Waals surface area contributed by atoms with Crippen molar-refractivity contribution in [2.75, 3.05) is 18.4 Å². The van der Waals surface area contributed by atoms with Gasteiger partial charge in [0.1, 0.15) is 5.82 Å². The van der Waals surface area contributed by atoms with Crippen LogP contribution >= 0.6 is 11.3 Å². The van der Waals surface area contributed by atoms with E-state index in [-0.39, 0.29) is 17.2 Å². The predicted molar refractivity (Wildman–Crippen MR) is 116 cm³/mol. The number of anilines is 1. The number of aromatic nitrogens is 1. The fourth-order valence-corrected chi connectivity index (χ4v) is 4.64. The van der Waals surface area contributed by atoms with Crippen LogP contribution in [0.2, 0.25) is 0 Å². The Labute approximate surface area is 179 Å². The van der Waals surface area contributed by atoms with Crippen LogP contribution in [-0.4, -0.2) is 32.3 Å². The minimum absolute atomic E-state index is 0.0376. The fourth-order valence-electron chi connectivity index (χ4n) is 2.77. The SMILES string of the molecule is Cc1ccccc1C(=O)c1cnc(NCCCCNS(=O)(=O)c2ccc(F)cc2)s1. The van der Waals surface area contributed by atoms with Crippen molar-refractivity contribution in [2.24, 2.45) is 0 Å². The number of thiazole rings is 1. The summed E-state index contributed by atoms with van der Waals surface area (Å²) in [6.45, 7) is 2.78. The van der Waals surface area contributed by atoms with Crippen molar-refractivity contribution in [3.63, 3.8) is 0 Å². The van der Waals surface area contributed by atoms with Gasteiger partial charge in [-0.05, 0) is 49.6 Å². The molecule has 1 aromatic heterocycles. The van der Waals surface area contributed by atoms with E-state index in [9.17, 15) is 17.6 Å². The van der Waals surface area contributed by atoms with Crippen molar-refractivity contribution >= 4 is 32.3 Å². The molecule has 0 atom stereocenters. The maximum Gasteiger partial charge on any atom is 0.240 e. The molecular weight excluding hydrogens is 425 g/mol. The number of sulfonamides is 1. The second kappa shape index (κ2) is 9.92. The smallest absolute Gasteiger partial charge is 0.240 e. The van der Waals surface area contributed by atoms with Crippen molar-refractivity contribution in [1.82, 2.24) is 9.71 Å². The first-order valence-corrected chi connectivity index (χ1v) is 11.7. The second-order valence-electron chi connectivity index (χ2n) is 6.66. The Morgan fingerprint density at radius 1 is 1.07 bits per heavy atom. The van der Waals surface area contributed by atoms with Gasteiger partial charge < -0.3 is 5.32 Å². The van der Waals surface area contributed by atoms with E-state index >= 15 is 0 Å². The summed E-state index contributed by atoms with van der Waals surface area (Å²) in [4.78, 5) is 17.4. The number of ketones is 1. The number of benzene rings is 2. The van der Waals surface area contributed by atoms with E-state index < -0.39 is 15.8 Å². The van der Waals surface area contributed by atoms with Gasteiger partial charge in [-0.25, -0.2) is 22.5 Å².